The average molecular weight is 233 g/mol. The molecule has 4 nitrogen and oxygen atoms in total. The smallest absolute Gasteiger partial charge is 0.252 e. The Kier molecular flexibility index (Phi) is 3.61. The Morgan fingerprint density at radius 3 is 3.00 bits per heavy atom. The summed E-state index contributed by atoms with van der Waals surface area (Å²) in [5, 5.41) is 12.1. The van der Waals surface area contributed by atoms with Crippen molar-refractivity contribution >= 4 is 17.2 Å². The molecule has 0 aliphatic heterocycles. The van der Waals surface area contributed by atoms with Gasteiger partial charge in [-0.2, -0.15) is 10.2 Å². The minimum Gasteiger partial charge on any atom is -0.352 e. The van der Waals surface area contributed by atoms with Gasteiger partial charge in [-0.05, 0) is 23.9 Å². The molecule has 0 unspecified atom stereocenters. The topological polar surface area (TPSA) is 54.9 Å². The molecule has 0 saturated carbocycles. The van der Waals surface area contributed by atoms with E-state index in [0.717, 1.165) is 6.42 Å². The van der Waals surface area contributed by atoms with Crippen LogP contribution in [-0.4, -0.2) is 22.6 Å². The van der Waals surface area contributed by atoms with E-state index in [1.54, 1.807) is 17.4 Å². The highest BCUT2D eigenvalue weighted by Crippen LogP contribution is 2.08. The maximum Gasteiger partial charge on any atom is 0.252 e. The normalized spacial score (nSPS) is 10.0. The Labute approximate surface area is 97.3 Å². The zero-order valence-electron chi connectivity index (χ0n) is 8.59. The van der Waals surface area contributed by atoms with Crippen LogP contribution >= 0.6 is 11.3 Å². The largest absolute Gasteiger partial charge is 0.352 e. The number of carbonyl (C=O) groups excluding carboxylic acids is 1. The van der Waals surface area contributed by atoms with Gasteiger partial charge in [0.05, 0.1) is 18.0 Å². The predicted octanol–water partition coefficient (Wildman–Crippen LogP) is 1.51. The molecule has 2 rings (SSSR count). The van der Waals surface area contributed by atoms with Crippen LogP contribution in [0.2, 0.25) is 0 Å². The molecule has 0 radical (unpaired) electrons. The molecule has 82 valence electrons. The number of rotatable bonds is 4. The fourth-order valence-corrected chi connectivity index (χ4v) is 1.99. The number of nitrogens with one attached hydrogen (secondary N) is 1. The number of hydrogen-bond donors (Lipinski definition) is 1. The highest BCUT2D eigenvalue weighted by Gasteiger charge is 2.04. The van der Waals surface area contributed by atoms with Crippen LogP contribution in [-0.2, 0) is 6.42 Å². The summed E-state index contributed by atoms with van der Waals surface area (Å²) < 4.78 is 0. The fourth-order valence-electron chi connectivity index (χ4n) is 1.28. The number of thiophene rings is 1. The quantitative estimate of drug-likeness (QED) is 0.871. The number of nitrogens with zero attached hydrogens (tertiary/aromatic N) is 2. The van der Waals surface area contributed by atoms with E-state index < -0.39 is 0 Å². The van der Waals surface area contributed by atoms with Crippen molar-refractivity contribution in [2.75, 3.05) is 6.54 Å². The maximum atomic E-state index is 11.6. The van der Waals surface area contributed by atoms with E-state index in [-0.39, 0.29) is 5.91 Å². The van der Waals surface area contributed by atoms with Crippen molar-refractivity contribution in [1.29, 1.82) is 0 Å². The van der Waals surface area contributed by atoms with Crippen LogP contribution in [0.4, 0.5) is 0 Å². The molecule has 0 spiro atoms. The van der Waals surface area contributed by atoms with Crippen LogP contribution in [0.5, 0.6) is 0 Å². The first-order valence-corrected chi connectivity index (χ1v) is 5.81. The fraction of sp³-hybridized carbons (Fsp3) is 0.182. The number of amides is 1. The van der Waals surface area contributed by atoms with Gasteiger partial charge in [0.15, 0.2) is 0 Å². The number of aromatic nitrogens is 2. The number of hydrogen-bond acceptors (Lipinski definition) is 4. The van der Waals surface area contributed by atoms with Crippen LogP contribution in [0.25, 0.3) is 0 Å². The van der Waals surface area contributed by atoms with Gasteiger partial charge in [0.2, 0.25) is 0 Å². The second kappa shape index (κ2) is 5.37. The molecule has 1 amide bonds. The van der Waals surface area contributed by atoms with Gasteiger partial charge in [-0.3, -0.25) is 4.79 Å². The second-order valence-corrected chi connectivity index (χ2v) is 4.25. The Balaban J connectivity index is 1.81. The SMILES string of the molecule is O=C(NCCc1cccs1)c1ccnnc1. The van der Waals surface area contributed by atoms with Gasteiger partial charge in [0.1, 0.15) is 0 Å². The van der Waals surface area contributed by atoms with Crippen molar-refractivity contribution in [2.24, 2.45) is 0 Å². The minimum atomic E-state index is -0.105. The van der Waals surface area contributed by atoms with Gasteiger partial charge in [0.25, 0.3) is 5.91 Å². The van der Waals surface area contributed by atoms with Gasteiger partial charge < -0.3 is 5.32 Å². The van der Waals surface area contributed by atoms with E-state index >= 15 is 0 Å². The number of carbonyl (C=O) groups is 1. The van der Waals surface area contributed by atoms with Gasteiger partial charge in [-0.15, -0.1) is 11.3 Å². The second-order valence-electron chi connectivity index (χ2n) is 3.22. The lowest BCUT2D eigenvalue weighted by Crippen LogP contribution is -2.25. The van der Waals surface area contributed by atoms with Gasteiger partial charge in [0, 0.05) is 11.4 Å². The van der Waals surface area contributed by atoms with Gasteiger partial charge in [-0.25, -0.2) is 0 Å². The average Bonchev–Trinajstić information content (AvgIpc) is 2.83. The molecule has 5 heteroatoms. The summed E-state index contributed by atoms with van der Waals surface area (Å²) in [5.41, 5.74) is 0.543. The summed E-state index contributed by atoms with van der Waals surface area (Å²) in [4.78, 5) is 12.9. The highest BCUT2D eigenvalue weighted by molar-refractivity contribution is 7.09. The molecule has 0 aliphatic carbocycles. The van der Waals surface area contributed by atoms with Crippen LogP contribution in [0.3, 0.4) is 0 Å². The third-order valence-electron chi connectivity index (χ3n) is 2.08. The lowest BCUT2D eigenvalue weighted by atomic mass is 10.3. The van der Waals surface area contributed by atoms with Crippen molar-refractivity contribution < 1.29 is 4.79 Å². The summed E-state index contributed by atoms with van der Waals surface area (Å²) in [6.07, 6.45) is 3.83. The summed E-state index contributed by atoms with van der Waals surface area (Å²) in [5.74, 6) is -0.105. The Hall–Kier alpha value is -1.75. The molecular weight excluding hydrogens is 222 g/mol. The summed E-state index contributed by atoms with van der Waals surface area (Å²) in [6, 6.07) is 5.72. The molecule has 2 heterocycles. The maximum absolute atomic E-state index is 11.6. The molecule has 0 saturated heterocycles. The highest BCUT2D eigenvalue weighted by atomic mass is 32.1. The third-order valence-corrected chi connectivity index (χ3v) is 3.02. The molecular formula is C11H11N3OS. The molecule has 1 N–H and O–H groups in total. The first-order valence-electron chi connectivity index (χ1n) is 4.93. The zero-order valence-corrected chi connectivity index (χ0v) is 9.41. The predicted molar refractivity (Wildman–Crippen MR) is 62.4 cm³/mol. The molecule has 16 heavy (non-hydrogen) atoms. The molecule has 0 fully saturated rings. The summed E-state index contributed by atoms with van der Waals surface area (Å²) in [7, 11) is 0. The lowest BCUT2D eigenvalue weighted by molar-refractivity contribution is 0.0953. The van der Waals surface area contributed by atoms with Gasteiger partial charge >= 0.3 is 0 Å². The van der Waals surface area contributed by atoms with Crippen molar-refractivity contribution in [3.63, 3.8) is 0 Å². The minimum absolute atomic E-state index is 0.105. The van der Waals surface area contributed by atoms with Crippen LogP contribution in [0, 0.1) is 0 Å². The first kappa shape index (κ1) is 10.8. The monoisotopic (exact) mass is 233 g/mol. The Morgan fingerprint density at radius 2 is 2.31 bits per heavy atom. The van der Waals surface area contributed by atoms with E-state index in [1.807, 2.05) is 11.4 Å². The van der Waals surface area contributed by atoms with Crippen LogP contribution in [0.15, 0.2) is 36.0 Å². The molecule has 0 bridgehead atoms. The van der Waals surface area contributed by atoms with Gasteiger partial charge in [-0.1, -0.05) is 6.07 Å². The summed E-state index contributed by atoms with van der Waals surface area (Å²) in [6.45, 7) is 0.641. The van der Waals surface area contributed by atoms with Crippen molar-refractivity contribution in [3.05, 3.63) is 46.4 Å². The molecule has 2 aromatic rings. The standard InChI is InChI=1S/C11H11N3OS/c15-11(9-3-6-13-14-8-9)12-5-4-10-2-1-7-16-10/h1-3,6-8H,4-5H2,(H,12,15). The molecule has 2 aromatic heterocycles. The van der Waals surface area contributed by atoms with Crippen molar-refractivity contribution in [3.8, 4) is 0 Å². The van der Waals surface area contributed by atoms with E-state index in [0.29, 0.717) is 12.1 Å². The van der Waals surface area contributed by atoms with E-state index in [2.05, 4.69) is 21.6 Å². The Morgan fingerprint density at radius 1 is 1.38 bits per heavy atom. The lowest BCUT2D eigenvalue weighted by Gasteiger charge is -2.02. The molecule has 0 aromatic carbocycles. The first-order chi connectivity index (χ1) is 7.86. The van der Waals surface area contributed by atoms with E-state index in [4.69, 9.17) is 0 Å². The van der Waals surface area contributed by atoms with E-state index in [1.165, 1.54) is 17.3 Å². The zero-order chi connectivity index (χ0) is 11.2. The van der Waals surface area contributed by atoms with Crippen LogP contribution < -0.4 is 5.32 Å². The Bertz CT molecular complexity index is 442. The summed E-state index contributed by atoms with van der Waals surface area (Å²) >= 11 is 1.70. The molecule has 0 atom stereocenters. The van der Waals surface area contributed by atoms with Crippen LogP contribution in [0.1, 0.15) is 15.2 Å². The molecule has 0 aliphatic rings. The third kappa shape index (κ3) is 2.87. The van der Waals surface area contributed by atoms with Crippen molar-refractivity contribution in [2.45, 2.75) is 6.42 Å². The van der Waals surface area contributed by atoms with Crippen molar-refractivity contribution in [1.82, 2.24) is 15.5 Å². The van der Waals surface area contributed by atoms with E-state index in [9.17, 15) is 4.79 Å².